The zero-order valence-electron chi connectivity index (χ0n) is 16.0. The van der Waals surface area contributed by atoms with E-state index in [1.807, 2.05) is 39.8 Å². The van der Waals surface area contributed by atoms with Gasteiger partial charge in [0.25, 0.3) is 0 Å². The molecular formula is C22H25FO3. The Hall–Kier alpha value is -2.36. The van der Waals surface area contributed by atoms with Crippen LogP contribution in [-0.2, 0) is 6.42 Å². The molecule has 1 atom stereocenters. The lowest BCUT2D eigenvalue weighted by molar-refractivity contribution is 0.0443. The first-order chi connectivity index (χ1) is 12.2. The lowest BCUT2D eigenvalue weighted by Crippen LogP contribution is -2.33. The van der Waals surface area contributed by atoms with Crippen molar-refractivity contribution in [2.45, 2.75) is 52.3 Å². The summed E-state index contributed by atoms with van der Waals surface area (Å²) in [5.41, 5.74) is 3.48. The molecule has 0 fully saturated rings. The molecule has 3 rings (SSSR count). The van der Waals surface area contributed by atoms with Crippen molar-refractivity contribution in [3.8, 4) is 11.5 Å². The number of carbonyl (C=O) groups is 1. The van der Waals surface area contributed by atoms with E-state index in [9.17, 15) is 9.18 Å². The van der Waals surface area contributed by atoms with Gasteiger partial charge >= 0.3 is 0 Å². The Morgan fingerprint density at radius 1 is 1.27 bits per heavy atom. The number of ketones is 1. The second-order valence-electron chi connectivity index (χ2n) is 7.63. The maximum atomic E-state index is 14.5. The van der Waals surface area contributed by atoms with Crippen LogP contribution < -0.4 is 9.47 Å². The van der Waals surface area contributed by atoms with Crippen LogP contribution in [0.4, 0.5) is 4.39 Å². The van der Waals surface area contributed by atoms with E-state index < -0.39 is 11.8 Å². The number of methoxy groups -OCH3 is 1. The predicted octanol–water partition coefficient (Wildman–Crippen LogP) is 5.31. The molecular weight excluding hydrogens is 330 g/mol. The van der Waals surface area contributed by atoms with Crippen molar-refractivity contribution < 1.29 is 18.7 Å². The van der Waals surface area contributed by atoms with Crippen LogP contribution in [0.3, 0.4) is 0 Å². The third kappa shape index (κ3) is 3.59. The summed E-state index contributed by atoms with van der Waals surface area (Å²) in [6.07, 6.45) is -0.589. The van der Waals surface area contributed by atoms with E-state index in [0.717, 1.165) is 22.4 Å². The van der Waals surface area contributed by atoms with Crippen molar-refractivity contribution in [2.75, 3.05) is 7.11 Å². The minimum Gasteiger partial charge on any atom is -0.496 e. The van der Waals surface area contributed by atoms with Crippen LogP contribution in [-0.4, -0.2) is 18.5 Å². The maximum absolute atomic E-state index is 14.5. The van der Waals surface area contributed by atoms with Gasteiger partial charge in [-0.05, 0) is 68.7 Å². The molecule has 1 unspecified atom stereocenters. The fourth-order valence-electron chi connectivity index (χ4n) is 3.44. The normalized spacial score (nSPS) is 18.0. The molecule has 0 radical (unpaired) electrons. The predicted molar refractivity (Wildman–Crippen MR) is 100 cm³/mol. The summed E-state index contributed by atoms with van der Waals surface area (Å²) >= 11 is 0. The van der Waals surface area contributed by atoms with E-state index in [-0.39, 0.29) is 18.6 Å². The summed E-state index contributed by atoms with van der Waals surface area (Å²) < 4.78 is 25.7. The standard InChI is InChI=1S/C22H25FO3/c1-13-8-15(10-21(25-5)14(13)2)9-19(24)16-6-7-20-17(11-16)18(23)12-22(3,4)26-20/h6-8,10-11,18H,9,12H2,1-5H3/i23-1. The highest BCUT2D eigenvalue weighted by Crippen LogP contribution is 2.42. The fraction of sp³-hybridized carbons (Fsp3) is 0.409. The molecule has 3 nitrogen and oxygen atoms in total. The van der Waals surface area contributed by atoms with Crippen LogP contribution in [0.1, 0.15) is 59.1 Å². The Morgan fingerprint density at radius 2 is 2.00 bits per heavy atom. The smallest absolute Gasteiger partial charge is 0.167 e. The zero-order valence-corrected chi connectivity index (χ0v) is 16.0. The molecule has 0 amide bonds. The summed E-state index contributed by atoms with van der Waals surface area (Å²) in [7, 11) is 1.62. The minimum atomic E-state index is -1.12. The summed E-state index contributed by atoms with van der Waals surface area (Å²) in [4.78, 5) is 12.7. The van der Waals surface area contributed by atoms with Gasteiger partial charge in [-0.25, -0.2) is 4.39 Å². The summed E-state index contributed by atoms with van der Waals surface area (Å²) in [5.74, 6) is 1.26. The second-order valence-corrected chi connectivity index (χ2v) is 7.63. The summed E-state index contributed by atoms with van der Waals surface area (Å²) in [6.45, 7) is 7.73. The van der Waals surface area contributed by atoms with Crippen LogP contribution >= 0.6 is 0 Å². The van der Waals surface area contributed by atoms with Crippen molar-refractivity contribution in [3.05, 3.63) is 58.1 Å². The first-order valence-corrected chi connectivity index (χ1v) is 8.84. The van der Waals surface area contributed by atoms with Gasteiger partial charge in [-0.3, -0.25) is 4.79 Å². The number of hydrogen-bond donors (Lipinski definition) is 0. The number of carbonyl (C=O) groups excluding carboxylic acids is 1. The fourth-order valence-corrected chi connectivity index (χ4v) is 3.44. The van der Waals surface area contributed by atoms with Crippen molar-refractivity contribution in [2.24, 2.45) is 0 Å². The SMILES string of the molecule is COc1cc(CC(=O)c2ccc3c(c2)C([18F])CC(C)(C)O3)cc(C)c1C. The van der Waals surface area contributed by atoms with Crippen molar-refractivity contribution >= 4 is 5.78 Å². The number of rotatable bonds is 4. The van der Waals surface area contributed by atoms with Gasteiger partial charge in [0.1, 0.15) is 23.3 Å². The van der Waals surface area contributed by atoms with Gasteiger partial charge in [-0.15, -0.1) is 0 Å². The quantitative estimate of drug-likeness (QED) is 0.697. The largest absolute Gasteiger partial charge is 0.496 e. The van der Waals surface area contributed by atoms with Gasteiger partial charge in [0.15, 0.2) is 5.78 Å². The van der Waals surface area contributed by atoms with Crippen LogP contribution in [0.5, 0.6) is 11.5 Å². The number of fused-ring (bicyclic) bond motifs is 1. The monoisotopic (exact) mass is 355 g/mol. The number of halogens is 1. The second kappa shape index (κ2) is 6.75. The van der Waals surface area contributed by atoms with E-state index in [4.69, 9.17) is 9.47 Å². The molecule has 0 aromatic heterocycles. The lowest BCUT2D eigenvalue weighted by atomic mass is 9.90. The van der Waals surface area contributed by atoms with Gasteiger partial charge in [0.05, 0.1) is 7.11 Å². The van der Waals surface area contributed by atoms with Gasteiger partial charge in [-0.1, -0.05) is 6.07 Å². The molecule has 4 heteroatoms. The molecule has 0 bridgehead atoms. The highest BCUT2D eigenvalue weighted by Gasteiger charge is 2.34. The first kappa shape index (κ1) is 18.4. The first-order valence-electron chi connectivity index (χ1n) is 8.84. The number of Topliss-reactive ketones (excluding diaryl/α,β-unsaturated/α-hetero) is 1. The third-order valence-corrected chi connectivity index (χ3v) is 4.99. The van der Waals surface area contributed by atoms with E-state index >= 15 is 0 Å². The van der Waals surface area contributed by atoms with E-state index in [1.165, 1.54) is 0 Å². The van der Waals surface area contributed by atoms with Crippen LogP contribution in [0.15, 0.2) is 30.3 Å². The van der Waals surface area contributed by atoms with E-state index in [1.54, 1.807) is 25.3 Å². The maximum Gasteiger partial charge on any atom is 0.167 e. The molecule has 1 aliphatic rings. The zero-order chi connectivity index (χ0) is 19.1. The number of aryl methyl sites for hydroxylation is 1. The van der Waals surface area contributed by atoms with Crippen molar-refractivity contribution in [1.29, 1.82) is 0 Å². The van der Waals surface area contributed by atoms with Gasteiger partial charge in [0.2, 0.25) is 0 Å². The van der Waals surface area contributed by atoms with E-state index in [2.05, 4.69) is 0 Å². The summed E-state index contributed by atoms with van der Waals surface area (Å²) in [6, 6.07) is 8.94. The number of benzene rings is 2. The summed E-state index contributed by atoms with van der Waals surface area (Å²) in [5, 5.41) is 0. The highest BCUT2D eigenvalue weighted by molar-refractivity contribution is 5.98. The molecule has 2 aromatic rings. The molecule has 1 aliphatic heterocycles. The van der Waals surface area contributed by atoms with Gasteiger partial charge in [-0.2, -0.15) is 0 Å². The minimum absolute atomic E-state index is 0.0462. The molecule has 0 aliphatic carbocycles. The molecule has 1 heterocycles. The van der Waals surface area contributed by atoms with Gasteiger partial charge in [0, 0.05) is 24.0 Å². The van der Waals surface area contributed by atoms with Crippen molar-refractivity contribution in [3.63, 3.8) is 0 Å². The molecule has 0 spiro atoms. The molecule has 2 aromatic carbocycles. The van der Waals surface area contributed by atoms with Gasteiger partial charge < -0.3 is 9.47 Å². The Bertz CT molecular complexity index is 855. The van der Waals surface area contributed by atoms with Crippen molar-refractivity contribution in [1.82, 2.24) is 0 Å². The molecule has 0 saturated heterocycles. The molecule has 138 valence electrons. The van der Waals surface area contributed by atoms with Crippen LogP contribution in [0.25, 0.3) is 0 Å². The Balaban J connectivity index is 1.86. The van der Waals surface area contributed by atoms with Crippen LogP contribution in [0.2, 0.25) is 0 Å². The van der Waals surface area contributed by atoms with Crippen LogP contribution in [0, 0.1) is 13.8 Å². The Kier molecular flexibility index (Phi) is 4.78. The molecule has 26 heavy (non-hydrogen) atoms. The Morgan fingerprint density at radius 3 is 2.69 bits per heavy atom. The topological polar surface area (TPSA) is 35.5 Å². The Labute approximate surface area is 154 Å². The number of alkyl halides is 1. The lowest BCUT2D eigenvalue weighted by Gasteiger charge is -2.34. The average molecular weight is 355 g/mol. The number of hydrogen-bond acceptors (Lipinski definition) is 3. The number of ether oxygens (including phenoxy) is 2. The average Bonchev–Trinajstić information content (AvgIpc) is 2.56. The molecule has 0 saturated carbocycles. The molecule has 0 N–H and O–H groups in total. The third-order valence-electron chi connectivity index (χ3n) is 4.99. The van der Waals surface area contributed by atoms with E-state index in [0.29, 0.717) is 16.9 Å². The highest BCUT2D eigenvalue weighted by atomic mass is 18.2.